The average Bonchev–Trinajstić information content (AvgIpc) is 3.22. The number of amides is 3. The molecule has 0 N–H and O–H groups in total. The SMILES string of the molecule is COC(=O)c1ccc(N2C(=O)CC(N(CCc3ccccc3)C(=O)c3ccc(Cl)c([N+](=O)[O-])c3)C2=O)cc1. The Morgan fingerprint density at radius 3 is 2.34 bits per heavy atom. The number of carbonyl (C=O) groups excluding carboxylic acids is 4. The lowest BCUT2D eigenvalue weighted by Crippen LogP contribution is -2.46. The quantitative estimate of drug-likeness (QED) is 0.184. The second-order valence-electron chi connectivity index (χ2n) is 8.48. The highest BCUT2D eigenvalue weighted by Gasteiger charge is 2.44. The third-order valence-corrected chi connectivity index (χ3v) is 6.50. The van der Waals surface area contributed by atoms with Gasteiger partial charge in [0.2, 0.25) is 5.91 Å². The van der Waals surface area contributed by atoms with Crippen molar-refractivity contribution in [1.82, 2.24) is 4.90 Å². The summed E-state index contributed by atoms with van der Waals surface area (Å²) in [5, 5.41) is 11.2. The van der Waals surface area contributed by atoms with E-state index in [1.165, 1.54) is 48.4 Å². The molecule has 4 rings (SSSR count). The number of methoxy groups -OCH3 is 1. The molecule has 0 spiro atoms. The summed E-state index contributed by atoms with van der Waals surface area (Å²) in [6, 6.07) is 17.5. The smallest absolute Gasteiger partial charge is 0.337 e. The van der Waals surface area contributed by atoms with E-state index < -0.39 is 40.3 Å². The van der Waals surface area contributed by atoms with E-state index in [-0.39, 0.29) is 34.8 Å². The summed E-state index contributed by atoms with van der Waals surface area (Å²) in [5.74, 6) is -2.35. The van der Waals surface area contributed by atoms with Crippen molar-refractivity contribution < 1.29 is 28.8 Å². The van der Waals surface area contributed by atoms with Crippen molar-refractivity contribution in [1.29, 1.82) is 0 Å². The Hall–Kier alpha value is -4.57. The molecule has 38 heavy (non-hydrogen) atoms. The molecule has 194 valence electrons. The Labute approximate surface area is 222 Å². The standard InChI is InChI=1S/C27H22ClN3O7/c1-38-27(35)18-7-10-20(11-8-18)30-24(32)16-23(26(30)34)29(14-13-17-5-3-2-4-6-17)25(33)19-9-12-21(28)22(15-19)31(36)37/h2-12,15,23H,13-14,16H2,1H3. The fraction of sp³-hybridized carbons (Fsp3) is 0.185. The summed E-state index contributed by atoms with van der Waals surface area (Å²) in [5.41, 5.74) is 0.917. The highest BCUT2D eigenvalue weighted by atomic mass is 35.5. The molecule has 0 aliphatic carbocycles. The van der Waals surface area contributed by atoms with Crippen LogP contribution < -0.4 is 4.90 Å². The Morgan fingerprint density at radius 2 is 1.71 bits per heavy atom. The molecule has 0 radical (unpaired) electrons. The number of nitrogens with zero attached hydrogens (tertiary/aromatic N) is 3. The van der Waals surface area contributed by atoms with Gasteiger partial charge in [0.25, 0.3) is 17.5 Å². The van der Waals surface area contributed by atoms with Crippen molar-refractivity contribution in [2.75, 3.05) is 18.6 Å². The molecule has 1 fully saturated rings. The Morgan fingerprint density at radius 1 is 1.05 bits per heavy atom. The lowest BCUT2D eigenvalue weighted by molar-refractivity contribution is -0.384. The third-order valence-electron chi connectivity index (χ3n) is 6.18. The molecule has 0 saturated carbocycles. The van der Waals surface area contributed by atoms with Gasteiger partial charge in [-0.2, -0.15) is 0 Å². The third kappa shape index (κ3) is 5.40. The van der Waals surface area contributed by atoms with Crippen LogP contribution in [0.2, 0.25) is 5.02 Å². The molecule has 3 amide bonds. The maximum atomic E-state index is 13.6. The Balaban J connectivity index is 1.66. The largest absolute Gasteiger partial charge is 0.465 e. The average molecular weight is 536 g/mol. The van der Waals surface area contributed by atoms with E-state index in [9.17, 15) is 29.3 Å². The van der Waals surface area contributed by atoms with Crippen molar-refractivity contribution >= 4 is 46.7 Å². The van der Waals surface area contributed by atoms with Gasteiger partial charge in [0, 0.05) is 18.2 Å². The molecule has 1 aliphatic rings. The number of rotatable bonds is 8. The zero-order valence-electron chi connectivity index (χ0n) is 20.2. The number of benzene rings is 3. The minimum absolute atomic E-state index is 0.0321. The molecule has 0 aromatic heterocycles. The van der Waals surface area contributed by atoms with Crippen LogP contribution in [-0.4, -0.2) is 53.2 Å². The van der Waals surface area contributed by atoms with Crippen LogP contribution in [0.25, 0.3) is 0 Å². The van der Waals surface area contributed by atoms with Crippen molar-refractivity contribution in [3.05, 3.63) is 105 Å². The first kappa shape index (κ1) is 26.5. The number of carbonyl (C=O) groups is 4. The van der Waals surface area contributed by atoms with Crippen LogP contribution in [0, 0.1) is 10.1 Å². The summed E-state index contributed by atoms with van der Waals surface area (Å²) >= 11 is 5.91. The van der Waals surface area contributed by atoms with E-state index in [0.29, 0.717) is 6.42 Å². The molecular weight excluding hydrogens is 514 g/mol. The van der Waals surface area contributed by atoms with Gasteiger partial charge in [-0.05, 0) is 48.4 Å². The van der Waals surface area contributed by atoms with Crippen LogP contribution in [0.4, 0.5) is 11.4 Å². The first-order valence-corrected chi connectivity index (χ1v) is 11.9. The summed E-state index contributed by atoms with van der Waals surface area (Å²) < 4.78 is 4.67. The molecule has 1 aliphatic heterocycles. The summed E-state index contributed by atoms with van der Waals surface area (Å²) in [6.45, 7) is 0.0814. The minimum atomic E-state index is -1.13. The van der Waals surface area contributed by atoms with Crippen LogP contribution in [0.5, 0.6) is 0 Å². The Bertz CT molecular complexity index is 1410. The molecule has 1 saturated heterocycles. The second kappa shape index (κ2) is 11.2. The zero-order valence-corrected chi connectivity index (χ0v) is 21.0. The van der Waals surface area contributed by atoms with Gasteiger partial charge in [-0.15, -0.1) is 0 Å². The van der Waals surface area contributed by atoms with Crippen molar-refractivity contribution in [3.8, 4) is 0 Å². The van der Waals surface area contributed by atoms with Gasteiger partial charge in [-0.3, -0.25) is 24.5 Å². The van der Waals surface area contributed by atoms with Gasteiger partial charge >= 0.3 is 5.97 Å². The second-order valence-corrected chi connectivity index (χ2v) is 8.89. The van der Waals surface area contributed by atoms with Crippen molar-refractivity contribution in [2.45, 2.75) is 18.9 Å². The lowest BCUT2D eigenvalue weighted by Gasteiger charge is -2.28. The molecule has 0 bridgehead atoms. The first-order valence-electron chi connectivity index (χ1n) is 11.5. The highest BCUT2D eigenvalue weighted by molar-refractivity contribution is 6.32. The maximum Gasteiger partial charge on any atom is 0.337 e. The van der Waals surface area contributed by atoms with Crippen LogP contribution in [0.3, 0.4) is 0 Å². The van der Waals surface area contributed by atoms with Gasteiger partial charge < -0.3 is 9.64 Å². The highest BCUT2D eigenvalue weighted by Crippen LogP contribution is 2.30. The Kier molecular flexibility index (Phi) is 7.82. The first-order chi connectivity index (χ1) is 18.2. The van der Waals surface area contributed by atoms with E-state index in [2.05, 4.69) is 4.74 Å². The summed E-state index contributed by atoms with van der Waals surface area (Å²) in [4.78, 5) is 64.7. The number of anilines is 1. The maximum absolute atomic E-state index is 13.6. The van der Waals surface area contributed by atoms with Gasteiger partial charge in [0.1, 0.15) is 11.1 Å². The minimum Gasteiger partial charge on any atom is -0.465 e. The number of nitro groups is 1. The fourth-order valence-corrected chi connectivity index (χ4v) is 4.43. The molecule has 1 heterocycles. The molecule has 10 nitrogen and oxygen atoms in total. The number of nitro benzene ring substituents is 1. The van der Waals surface area contributed by atoms with Gasteiger partial charge in [0.05, 0.1) is 29.7 Å². The molecule has 1 atom stereocenters. The molecular formula is C27H22ClN3O7. The predicted molar refractivity (Wildman–Crippen MR) is 138 cm³/mol. The monoisotopic (exact) mass is 535 g/mol. The van der Waals surface area contributed by atoms with Crippen LogP contribution in [0.1, 0.15) is 32.7 Å². The van der Waals surface area contributed by atoms with Crippen molar-refractivity contribution in [2.24, 2.45) is 0 Å². The van der Waals surface area contributed by atoms with E-state index in [1.54, 1.807) is 0 Å². The molecule has 3 aromatic rings. The van der Waals surface area contributed by atoms with Gasteiger partial charge in [0.15, 0.2) is 0 Å². The molecule has 11 heteroatoms. The summed E-state index contributed by atoms with van der Waals surface area (Å²) in [6.07, 6.45) is 0.113. The topological polar surface area (TPSA) is 127 Å². The summed E-state index contributed by atoms with van der Waals surface area (Å²) in [7, 11) is 1.24. The number of esters is 1. The molecule has 3 aromatic carbocycles. The number of imide groups is 1. The van der Waals surface area contributed by atoms with E-state index >= 15 is 0 Å². The van der Waals surface area contributed by atoms with Crippen LogP contribution >= 0.6 is 11.6 Å². The fourth-order valence-electron chi connectivity index (χ4n) is 4.24. The van der Waals surface area contributed by atoms with Gasteiger partial charge in [-0.1, -0.05) is 41.9 Å². The normalized spacial score (nSPS) is 14.9. The number of ether oxygens (including phenoxy) is 1. The van der Waals surface area contributed by atoms with Crippen LogP contribution in [0.15, 0.2) is 72.8 Å². The van der Waals surface area contributed by atoms with E-state index in [0.717, 1.165) is 16.5 Å². The number of hydrogen-bond acceptors (Lipinski definition) is 7. The number of hydrogen-bond donors (Lipinski definition) is 0. The number of halogens is 1. The van der Waals surface area contributed by atoms with E-state index in [4.69, 9.17) is 11.6 Å². The van der Waals surface area contributed by atoms with Crippen LogP contribution in [-0.2, 0) is 20.7 Å². The van der Waals surface area contributed by atoms with Crippen molar-refractivity contribution in [3.63, 3.8) is 0 Å². The van der Waals surface area contributed by atoms with E-state index in [1.807, 2.05) is 30.3 Å². The zero-order chi connectivity index (χ0) is 27.4. The molecule has 1 unspecified atom stereocenters. The lowest BCUT2D eigenvalue weighted by atomic mass is 10.1. The predicted octanol–water partition coefficient (Wildman–Crippen LogP) is 4.05. The van der Waals surface area contributed by atoms with Gasteiger partial charge in [-0.25, -0.2) is 9.69 Å².